The summed E-state index contributed by atoms with van der Waals surface area (Å²) in [6.07, 6.45) is 2.46. The van der Waals surface area contributed by atoms with Crippen LogP contribution in [0.5, 0.6) is 0 Å². The van der Waals surface area contributed by atoms with Crippen molar-refractivity contribution in [3.63, 3.8) is 0 Å². The third-order valence-electron chi connectivity index (χ3n) is 2.78. The van der Waals surface area contributed by atoms with E-state index in [0.29, 0.717) is 6.42 Å². The van der Waals surface area contributed by atoms with E-state index in [0.717, 1.165) is 19.4 Å². The highest BCUT2D eigenvalue weighted by Crippen LogP contribution is 2.09. The summed E-state index contributed by atoms with van der Waals surface area (Å²) >= 11 is 0. The van der Waals surface area contributed by atoms with Gasteiger partial charge in [0.15, 0.2) is 0 Å². The molecule has 1 aromatic rings. The van der Waals surface area contributed by atoms with Crippen LogP contribution in [0.15, 0.2) is 18.2 Å². The van der Waals surface area contributed by atoms with Crippen molar-refractivity contribution in [2.75, 3.05) is 6.54 Å². The number of nitrogens with one attached hydrogen (secondary N) is 1. The van der Waals surface area contributed by atoms with Crippen LogP contribution in [0.3, 0.4) is 0 Å². The van der Waals surface area contributed by atoms with Crippen LogP contribution < -0.4 is 5.32 Å². The van der Waals surface area contributed by atoms with Crippen LogP contribution in [0.2, 0.25) is 0 Å². The fourth-order valence-electron chi connectivity index (χ4n) is 1.62. The fraction of sp³-hybridized carbons (Fsp3) is 0.500. The highest BCUT2D eigenvalue weighted by atomic mass is 16.1. The molecule has 0 aliphatic carbocycles. The number of aryl methyl sites for hydroxylation is 2. The Hall–Kier alpha value is -1.31. The van der Waals surface area contributed by atoms with Gasteiger partial charge in [-0.25, -0.2) is 0 Å². The summed E-state index contributed by atoms with van der Waals surface area (Å²) in [6.45, 7) is 6.99. The van der Waals surface area contributed by atoms with E-state index >= 15 is 0 Å². The Bertz CT molecular complexity index is 358. The zero-order chi connectivity index (χ0) is 12.0. The predicted octanol–water partition coefficient (Wildman–Crippen LogP) is 2.76. The van der Waals surface area contributed by atoms with Gasteiger partial charge in [-0.3, -0.25) is 4.79 Å². The Balaban J connectivity index is 2.37. The van der Waals surface area contributed by atoms with Crippen LogP contribution in [-0.2, 0) is 11.2 Å². The lowest BCUT2D eigenvalue weighted by Crippen LogP contribution is -2.25. The number of hydrogen-bond donors (Lipinski definition) is 1. The molecule has 0 atom stereocenters. The molecule has 2 nitrogen and oxygen atoms in total. The van der Waals surface area contributed by atoms with Gasteiger partial charge >= 0.3 is 0 Å². The highest BCUT2D eigenvalue weighted by Gasteiger charge is 1.99. The first-order valence-corrected chi connectivity index (χ1v) is 5.96. The van der Waals surface area contributed by atoms with E-state index in [9.17, 15) is 4.79 Å². The molecule has 0 heterocycles. The van der Waals surface area contributed by atoms with Gasteiger partial charge in [0, 0.05) is 13.0 Å². The number of amides is 1. The first kappa shape index (κ1) is 12.8. The van der Waals surface area contributed by atoms with Crippen LogP contribution in [0, 0.1) is 13.8 Å². The van der Waals surface area contributed by atoms with Crippen LogP contribution in [0.4, 0.5) is 0 Å². The third kappa shape index (κ3) is 4.05. The normalized spacial score (nSPS) is 10.2. The van der Waals surface area contributed by atoms with Gasteiger partial charge in [-0.1, -0.05) is 25.1 Å². The van der Waals surface area contributed by atoms with Crippen LogP contribution in [0.1, 0.15) is 36.5 Å². The SMILES string of the molecule is CCCC(=O)NCCc1ccc(C)c(C)c1. The van der Waals surface area contributed by atoms with Crippen molar-refractivity contribution in [3.05, 3.63) is 34.9 Å². The Labute approximate surface area is 98.1 Å². The molecule has 0 aliphatic heterocycles. The van der Waals surface area contributed by atoms with Crippen molar-refractivity contribution in [1.29, 1.82) is 0 Å². The van der Waals surface area contributed by atoms with Gasteiger partial charge in [0.2, 0.25) is 5.91 Å². The minimum Gasteiger partial charge on any atom is -0.356 e. The van der Waals surface area contributed by atoms with E-state index in [1.807, 2.05) is 6.92 Å². The number of carbonyl (C=O) groups is 1. The molecule has 1 amide bonds. The standard InChI is InChI=1S/C14H21NO/c1-4-5-14(16)15-9-8-13-7-6-11(2)12(3)10-13/h6-7,10H,4-5,8-9H2,1-3H3,(H,15,16). The lowest BCUT2D eigenvalue weighted by molar-refractivity contribution is -0.121. The molecule has 0 aromatic heterocycles. The average Bonchev–Trinajstić information content (AvgIpc) is 2.24. The van der Waals surface area contributed by atoms with Gasteiger partial charge in [-0.15, -0.1) is 0 Å². The first-order chi connectivity index (χ1) is 7.63. The van der Waals surface area contributed by atoms with Crippen LogP contribution in [-0.4, -0.2) is 12.5 Å². The third-order valence-corrected chi connectivity index (χ3v) is 2.78. The van der Waals surface area contributed by atoms with E-state index in [1.165, 1.54) is 16.7 Å². The maximum absolute atomic E-state index is 11.2. The highest BCUT2D eigenvalue weighted by molar-refractivity contribution is 5.75. The molecule has 0 saturated heterocycles. The average molecular weight is 219 g/mol. The summed E-state index contributed by atoms with van der Waals surface area (Å²) in [7, 11) is 0. The van der Waals surface area contributed by atoms with E-state index in [-0.39, 0.29) is 5.91 Å². The van der Waals surface area contributed by atoms with Gasteiger partial charge in [0.25, 0.3) is 0 Å². The largest absolute Gasteiger partial charge is 0.356 e. The maximum Gasteiger partial charge on any atom is 0.219 e. The molecule has 1 rings (SSSR count). The molecule has 0 aliphatic rings. The molecule has 16 heavy (non-hydrogen) atoms. The number of hydrogen-bond acceptors (Lipinski definition) is 1. The van der Waals surface area contributed by atoms with Crippen molar-refractivity contribution in [3.8, 4) is 0 Å². The summed E-state index contributed by atoms with van der Waals surface area (Å²) in [6, 6.07) is 6.47. The fourth-order valence-corrected chi connectivity index (χ4v) is 1.62. The summed E-state index contributed by atoms with van der Waals surface area (Å²) in [5.41, 5.74) is 3.93. The Morgan fingerprint density at radius 2 is 2.00 bits per heavy atom. The van der Waals surface area contributed by atoms with E-state index in [4.69, 9.17) is 0 Å². The first-order valence-electron chi connectivity index (χ1n) is 5.96. The lowest BCUT2D eigenvalue weighted by Gasteiger charge is -2.06. The number of benzene rings is 1. The summed E-state index contributed by atoms with van der Waals surface area (Å²) in [5.74, 6) is 0.159. The van der Waals surface area contributed by atoms with Gasteiger partial charge in [0.1, 0.15) is 0 Å². The van der Waals surface area contributed by atoms with Crippen molar-refractivity contribution < 1.29 is 4.79 Å². The van der Waals surface area contributed by atoms with Gasteiger partial charge in [0.05, 0.1) is 0 Å². The van der Waals surface area contributed by atoms with Gasteiger partial charge in [-0.2, -0.15) is 0 Å². The smallest absolute Gasteiger partial charge is 0.219 e. The Morgan fingerprint density at radius 3 is 2.62 bits per heavy atom. The van der Waals surface area contributed by atoms with Crippen LogP contribution >= 0.6 is 0 Å². The summed E-state index contributed by atoms with van der Waals surface area (Å²) in [5, 5.41) is 2.93. The minimum absolute atomic E-state index is 0.159. The molecular weight excluding hydrogens is 198 g/mol. The Morgan fingerprint density at radius 1 is 1.25 bits per heavy atom. The molecule has 0 unspecified atom stereocenters. The second-order valence-corrected chi connectivity index (χ2v) is 4.27. The maximum atomic E-state index is 11.2. The van der Waals surface area contributed by atoms with Crippen molar-refractivity contribution in [1.82, 2.24) is 5.32 Å². The second-order valence-electron chi connectivity index (χ2n) is 4.27. The van der Waals surface area contributed by atoms with Crippen molar-refractivity contribution in [2.24, 2.45) is 0 Å². The van der Waals surface area contributed by atoms with Crippen LogP contribution in [0.25, 0.3) is 0 Å². The molecule has 1 aromatic carbocycles. The summed E-state index contributed by atoms with van der Waals surface area (Å²) < 4.78 is 0. The zero-order valence-corrected chi connectivity index (χ0v) is 10.5. The minimum atomic E-state index is 0.159. The van der Waals surface area contributed by atoms with Crippen molar-refractivity contribution >= 4 is 5.91 Å². The predicted molar refractivity (Wildman–Crippen MR) is 67.5 cm³/mol. The number of carbonyl (C=O) groups excluding carboxylic acids is 1. The second kappa shape index (κ2) is 6.31. The quantitative estimate of drug-likeness (QED) is 0.810. The summed E-state index contributed by atoms with van der Waals surface area (Å²) in [4.78, 5) is 11.2. The molecule has 2 heteroatoms. The molecule has 1 N–H and O–H groups in total. The molecule has 0 fully saturated rings. The zero-order valence-electron chi connectivity index (χ0n) is 10.5. The molecule has 0 bridgehead atoms. The number of rotatable bonds is 5. The molecule has 88 valence electrons. The van der Waals surface area contributed by atoms with Gasteiger partial charge < -0.3 is 5.32 Å². The monoisotopic (exact) mass is 219 g/mol. The van der Waals surface area contributed by atoms with E-state index in [2.05, 4.69) is 37.4 Å². The molecule has 0 saturated carbocycles. The van der Waals surface area contributed by atoms with Gasteiger partial charge in [-0.05, 0) is 43.4 Å². The van der Waals surface area contributed by atoms with E-state index < -0.39 is 0 Å². The topological polar surface area (TPSA) is 29.1 Å². The van der Waals surface area contributed by atoms with Crippen molar-refractivity contribution in [2.45, 2.75) is 40.0 Å². The Kier molecular flexibility index (Phi) is 5.03. The van der Waals surface area contributed by atoms with E-state index in [1.54, 1.807) is 0 Å². The molecule has 0 radical (unpaired) electrons. The lowest BCUT2D eigenvalue weighted by atomic mass is 10.0. The molecular formula is C14H21NO. The molecule has 0 spiro atoms.